The van der Waals surface area contributed by atoms with E-state index in [-0.39, 0.29) is 17.3 Å². The third-order valence-corrected chi connectivity index (χ3v) is 7.80. The Bertz CT molecular complexity index is 1350. The van der Waals surface area contributed by atoms with Crippen LogP contribution in [0.1, 0.15) is 22.4 Å². The van der Waals surface area contributed by atoms with Crippen LogP contribution in [0.15, 0.2) is 47.4 Å². The van der Waals surface area contributed by atoms with Gasteiger partial charge in [-0.1, -0.05) is 23.7 Å². The van der Waals surface area contributed by atoms with Crippen molar-refractivity contribution in [1.82, 2.24) is 9.88 Å². The summed E-state index contributed by atoms with van der Waals surface area (Å²) in [6.45, 7) is 3.39. The molecule has 4 rings (SSSR count). The Morgan fingerprint density at radius 3 is 2.60 bits per heavy atom. The Morgan fingerprint density at radius 1 is 1.09 bits per heavy atom. The van der Waals surface area contributed by atoms with Gasteiger partial charge in [-0.25, -0.2) is 13.4 Å². The highest BCUT2D eigenvalue weighted by Gasteiger charge is 2.24. The van der Waals surface area contributed by atoms with Crippen LogP contribution in [0.5, 0.6) is 17.2 Å². The molecule has 2 heterocycles. The second-order valence-corrected chi connectivity index (χ2v) is 10.4. The smallest absolute Gasteiger partial charge is 0.263 e. The standard InChI is InChI=1S/C25H28ClN3O5S/c1-16-19(26)6-5-7-24(16)35(30,31)28-25-23(13-18-14-29(2)11-10-20(18)27-25)34-15-17-8-9-21(32-3)22(12-17)33-4/h5-9,12-13H,10-11,14-15H2,1-4H3,(H,27,28). The van der Waals surface area contributed by atoms with Crippen molar-refractivity contribution < 1.29 is 22.6 Å². The summed E-state index contributed by atoms with van der Waals surface area (Å²) in [4.78, 5) is 6.94. The summed E-state index contributed by atoms with van der Waals surface area (Å²) in [7, 11) is 1.22. The van der Waals surface area contributed by atoms with E-state index in [0.717, 1.165) is 23.4 Å². The van der Waals surface area contributed by atoms with Gasteiger partial charge in [0.15, 0.2) is 23.1 Å². The number of methoxy groups -OCH3 is 2. The normalized spacial score (nSPS) is 13.7. The number of benzene rings is 2. The first-order valence-corrected chi connectivity index (χ1v) is 12.9. The molecule has 186 valence electrons. The summed E-state index contributed by atoms with van der Waals surface area (Å²) in [5.41, 5.74) is 3.15. The van der Waals surface area contributed by atoms with E-state index >= 15 is 0 Å². The molecule has 8 nitrogen and oxygen atoms in total. The van der Waals surface area contributed by atoms with Crippen molar-refractivity contribution in [3.63, 3.8) is 0 Å². The highest BCUT2D eigenvalue weighted by Crippen LogP contribution is 2.33. The predicted molar refractivity (Wildman–Crippen MR) is 135 cm³/mol. The van der Waals surface area contributed by atoms with Gasteiger partial charge in [0.05, 0.1) is 19.1 Å². The Balaban J connectivity index is 1.68. The van der Waals surface area contributed by atoms with Crippen molar-refractivity contribution >= 4 is 27.4 Å². The minimum atomic E-state index is -3.95. The molecule has 0 spiro atoms. The predicted octanol–water partition coefficient (Wildman–Crippen LogP) is 4.43. The molecule has 35 heavy (non-hydrogen) atoms. The zero-order valence-corrected chi connectivity index (χ0v) is 21.7. The van der Waals surface area contributed by atoms with Crippen molar-refractivity contribution in [2.45, 2.75) is 31.4 Å². The van der Waals surface area contributed by atoms with E-state index in [9.17, 15) is 8.42 Å². The molecule has 2 aromatic carbocycles. The van der Waals surface area contributed by atoms with E-state index in [1.807, 2.05) is 25.2 Å². The number of ether oxygens (including phenoxy) is 3. The highest BCUT2D eigenvalue weighted by molar-refractivity contribution is 7.92. The molecule has 0 radical (unpaired) electrons. The quantitative estimate of drug-likeness (QED) is 0.472. The number of anilines is 1. The lowest BCUT2D eigenvalue weighted by atomic mass is 10.1. The number of nitrogens with one attached hydrogen (secondary N) is 1. The van der Waals surface area contributed by atoms with Crippen molar-refractivity contribution in [3.8, 4) is 17.2 Å². The summed E-state index contributed by atoms with van der Waals surface area (Å²) in [5.74, 6) is 1.68. The van der Waals surface area contributed by atoms with Gasteiger partial charge in [-0.05, 0) is 61.0 Å². The number of aromatic nitrogens is 1. The summed E-state index contributed by atoms with van der Waals surface area (Å²) in [6, 6.07) is 12.1. The molecule has 0 atom stereocenters. The number of pyridine rings is 1. The second kappa shape index (κ2) is 10.3. The summed E-state index contributed by atoms with van der Waals surface area (Å²) < 4.78 is 45.9. The molecule has 0 unspecified atom stereocenters. The molecule has 0 saturated heterocycles. The fourth-order valence-corrected chi connectivity index (χ4v) is 5.48. The maximum Gasteiger partial charge on any atom is 0.263 e. The molecular weight excluding hydrogens is 490 g/mol. The first kappa shape index (κ1) is 25.1. The Hall–Kier alpha value is -3.01. The first-order valence-electron chi connectivity index (χ1n) is 11.0. The molecule has 0 amide bonds. The maximum absolute atomic E-state index is 13.3. The maximum atomic E-state index is 13.3. The van der Waals surface area contributed by atoms with Crippen LogP contribution < -0.4 is 18.9 Å². The van der Waals surface area contributed by atoms with Crippen LogP contribution in [-0.2, 0) is 29.6 Å². The van der Waals surface area contributed by atoms with Gasteiger partial charge in [0.1, 0.15) is 6.61 Å². The molecule has 0 aliphatic carbocycles. The Kier molecular flexibility index (Phi) is 7.39. The first-order chi connectivity index (χ1) is 16.7. The zero-order valence-electron chi connectivity index (χ0n) is 20.1. The van der Waals surface area contributed by atoms with Crippen LogP contribution in [0, 0.1) is 6.92 Å². The van der Waals surface area contributed by atoms with Crippen molar-refractivity contribution in [1.29, 1.82) is 0 Å². The fraction of sp³-hybridized carbons (Fsp3) is 0.320. The number of nitrogens with zero attached hydrogens (tertiary/aromatic N) is 2. The average Bonchev–Trinajstić information content (AvgIpc) is 2.84. The van der Waals surface area contributed by atoms with Crippen LogP contribution >= 0.6 is 11.6 Å². The molecule has 1 N–H and O–H groups in total. The van der Waals surface area contributed by atoms with E-state index in [2.05, 4.69) is 14.6 Å². The van der Waals surface area contributed by atoms with Crippen LogP contribution in [0.2, 0.25) is 5.02 Å². The van der Waals surface area contributed by atoms with E-state index in [0.29, 0.717) is 40.8 Å². The molecule has 0 bridgehead atoms. The molecule has 0 fully saturated rings. The van der Waals surface area contributed by atoms with Gasteiger partial charge in [-0.3, -0.25) is 4.72 Å². The van der Waals surface area contributed by atoms with Crippen molar-refractivity contribution in [2.24, 2.45) is 0 Å². The lowest BCUT2D eigenvalue weighted by Gasteiger charge is -2.26. The van der Waals surface area contributed by atoms with Crippen LogP contribution in [0.3, 0.4) is 0 Å². The summed E-state index contributed by atoms with van der Waals surface area (Å²) in [6.07, 6.45) is 0.715. The zero-order chi connectivity index (χ0) is 25.2. The number of halogens is 1. The topological polar surface area (TPSA) is 90.0 Å². The lowest BCUT2D eigenvalue weighted by molar-refractivity contribution is 0.294. The summed E-state index contributed by atoms with van der Waals surface area (Å²) in [5, 5.41) is 0.374. The van der Waals surface area contributed by atoms with Gasteiger partial charge >= 0.3 is 0 Å². The number of sulfonamides is 1. The van der Waals surface area contributed by atoms with Gasteiger partial charge in [0.2, 0.25) is 0 Å². The van der Waals surface area contributed by atoms with Gasteiger partial charge in [0.25, 0.3) is 10.0 Å². The number of hydrogen-bond acceptors (Lipinski definition) is 7. The molecule has 0 saturated carbocycles. The van der Waals surface area contributed by atoms with Crippen LogP contribution in [0.25, 0.3) is 0 Å². The Morgan fingerprint density at radius 2 is 1.86 bits per heavy atom. The third-order valence-electron chi connectivity index (χ3n) is 5.91. The van der Waals surface area contributed by atoms with E-state index < -0.39 is 10.0 Å². The molecule has 1 aromatic heterocycles. The molecule has 10 heteroatoms. The largest absolute Gasteiger partial charge is 0.493 e. The van der Waals surface area contributed by atoms with E-state index in [4.69, 9.17) is 25.8 Å². The summed E-state index contributed by atoms with van der Waals surface area (Å²) >= 11 is 6.17. The van der Waals surface area contributed by atoms with E-state index in [1.165, 1.54) is 6.07 Å². The monoisotopic (exact) mass is 517 g/mol. The molecule has 1 aliphatic rings. The second-order valence-electron chi connectivity index (χ2n) is 8.38. The van der Waals surface area contributed by atoms with Crippen LogP contribution in [0.4, 0.5) is 5.82 Å². The highest BCUT2D eigenvalue weighted by atomic mass is 35.5. The SMILES string of the molecule is COc1ccc(COc2cc3c(nc2NS(=O)(=O)c2cccc(Cl)c2C)CCN(C)C3)cc1OC. The fourth-order valence-electron chi connectivity index (χ4n) is 3.97. The van der Waals surface area contributed by atoms with E-state index in [1.54, 1.807) is 39.3 Å². The minimum Gasteiger partial charge on any atom is -0.493 e. The number of rotatable bonds is 8. The number of fused-ring (bicyclic) bond motifs is 1. The van der Waals surface area contributed by atoms with Gasteiger partial charge in [0, 0.05) is 30.2 Å². The molecule has 3 aromatic rings. The minimum absolute atomic E-state index is 0.0927. The van der Waals surface area contributed by atoms with Crippen molar-refractivity contribution in [2.75, 3.05) is 32.5 Å². The Labute approximate surface area is 210 Å². The van der Waals surface area contributed by atoms with Crippen molar-refractivity contribution in [3.05, 3.63) is 69.9 Å². The molecular formula is C25H28ClN3O5S. The molecule has 1 aliphatic heterocycles. The lowest BCUT2D eigenvalue weighted by Crippen LogP contribution is -2.28. The van der Waals surface area contributed by atoms with Crippen LogP contribution in [-0.4, -0.2) is 46.1 Å². The van der Waals surface area contributed by atoms with Gasteiger partial charge in [-0.2, -0.15) is 0 Å². The number of likely N-dealkylation sites (N-methyl/N-ethyl adjacent to an activating group) is 1. The van der Waals surface area contributed by atoms with Gasteiger partial charge in [-0.15, -0.1) is 0 Å². The third kappa shape index (κ3) is 5.47. The van der Waals surface area contributed by atoms with Gasteiger partial charge < -0.3 is 19.1 Å². The average molecular weight is 518 g/mol. The number of hydrogen-bond donors (Lipinski definition) is 1.